The summed E-state index contributed by atoms with van der Waals surface area (Å²) in [6.45, 7) is -0.683. The number of carbonyl (C=O) groups is 4. The summed E-state index contributed by atoms with van der Waals surface area (Å²) < 4.78 is 10.2. The van der Waals surface area contributed by atoms with E-state index >= 15 is 0 Å². The number of nitrogens with one attached hydrogen (secondary N) is 1. The number of rotatable bonds is 7. The zero-order valence-corrected chi connectivity index (χ0v) is 17.5. The van der Waals surface area contributed by atoms with Crippen LogP contribution in [0.5, 0.6) is 11.5 Å². The van der Waals surface area contributed by atoms with Crippen molar-refractivity contribution < 1.29 is 38.7 Å². The summed E-state index contributed by atoms with van der Waals surface area (Å²) in [4.78, 5) is 59.3. The second-order valence-corrected chi connectivity index (χ2v) is 6.86. The smallest absolute Gasteiger partial charge is 0.341 e. The van der Waals surface area contributed by atoms with Gasteiger partial charge in [-0.15, -0.1) is 0 Å². The summed E-state index contributed by atoms with van der Waals surface area (Å²) in [5.74, 6) is -3.28. The zero-order chi connectivity index (χ0) is 24.3. The van der Waals surface area contributed by atoms with Crippen molar-refractivity contribution in [2.45, 2.75) is 0 Å². The maximum absolute atomic E-state index is 13.0. The zero-order valence-electron chi connectivity index (χ0n) is 16.7. The van der Waals surface area contributed by atoms with Crippen LogP contribution in [-0.4, -0.2) is 47.6 Å². The second kappa shape index (κ2) is 9.36. The Kier molecular flexibility index (Phi) is 6.59. The quantitative estimate of drug-likeness (QED) is 0.264. The number of aliphatic carboxylic acids is 1. The number of amides is 4. The summed E-state index contributed by atoms with van der Waals surface area (Å²) in [5, 5.41) is 21.7. The Morgan fingerprint density at radius 3 is 2.64 bits per heavy atom. The lowest BCUT2D eigenvalue weighted by Crippen LogP contribution is -2.54. The monoisotopic (exact) mass is 475 g/mol. The van der Waals surface area contributed by atoms with E-state index in [1.165, 1.54) is 37.4 Å². The van der Waals surface area contributed by atoms with Crippen LogP contribution < -0.4 is 19.7 Å². The van der Waals surface area contributed by atoms with Gasteiger partial charge in [0, 0.05) is 12.1 Å². The molecule has 0 radical (unpaired) electrons. The Bertz CT molecular complexity index is 1230. The summed E-state index contributed by atoms with van der Waals surface area (Å²) in [5.41, 5.74) is -0.730. The predicted octanol–water partition coefficient (Wildman–Crippen LogP) is 2.39. The average molecular weight is 476 g/mol. The Morgan fingerprint density at radius 2 is 2.00 bits per heavy atom. The Morgan fingerprint density at radius 1 is 1.27 bits per heavy atom. The second-order valence-electron chi connectivity index (χ2n) is 6.45. The molecule has 4 amide bonds. The van der Waals surface area contributed by atoms with Gasteiger partial charge in [0.15, 0.2) is 18.1 Å². The SMILES string of the molecule is COc1cc(/C=C2\C(=O)NC(=O)N(c3cccc([N+](=O)[O-])c3)C2=O)cc(Cl)c1OCC(=O)O. The molecule has 2 aromatic carbocycles. The molecule has 1 aliphatic rings. The number of carboxylic acid groups (broad SMARTS) is 1. The van der Waals surface area contributed by atoms with Crippen LogP contribution in [0.2, 0.25) is 5.02 Å². The molecule has 0 bridgehead atoms. The van der Waals surface area contributed by atoms with Crippen LogP contribution in [-0.2, 0) is 14.4 Å². The van der Waals surface area contributed by atoms with Crippen LogP contribution in [0.3, 0.4) is 0 Å². The summed E-state index contributed by atoms with van der Waals surface area (Å²) in [7, 11) is 1.28. The highest BCUT2D eigenvalue weighted by molar-refractivity contribution is 6.39. The number of hydrogen-bond acceptors (Lipinski definition) is 8. The molecule has 2 aromatic rings. The molecule has 0 aromatic heterocycles. The van der Waals surface area contributed by atoms with Gasteiger partial charge in [0.1, 0.15) is 5.57 Å². The van der Waals surface area contributed by atoms with Crippen LogP contribution in [0.1, 0.15) is 5.56 Å². The highest BCUT2D eigenvalue weighted by atomic mass is 35.5. The molecule has 2 N–H and O–H groups in total. The first-order valence-corrected chi connectivity index (χ1v) is 9.38. The van der Waals surface area contributed by atoms with E-state index in [2.05, 4.69) is 0 Å². The maximum Gasteiger partial charge on any atom is 0.341 e. The summed E-state index contributed by atoms with van der Waals surface area (Å²) in [6, 6.07) is 6.34. The van der Waals surface area contributed by atoms with Gasteiger partial charge in [-0.2, -0.15) is 0 Å². The van der Waals surface area contributed by atoms with E-state index in [4.69, 9.17) is 26.2 Å². The molecule has 1 aliphatic heterocycles. The van der Waals surface area contributed by atoms with Crippen molar-refractivity contribution in [1.29, 1.82) is 0 Å². The topological polar surface area (TPSA) is 165 Å². The van der Waals surface area contributed by atoms with Crippen molar-refractivity contribution in [3.05, 3.63) is 62.7 Å². The van der Waals surface area contributed by atoms with Crippen molar-refractivity contribution in [2.75, 3.05) is 18.6 Å². The third-order valence-electron chi connectivity index (χ3n) is 4.30. The van der Waals surface area contributed by atoms with E-state index in [9.17, 15) is 29.3 Å². The molecule has 12 nitrogen and oxygen atoms in total. The normalized spacial score (nSPS) is 14.8. The van der Waals surface area contributed by atoms with Crippen LogP contribution in [0.4, 0.5) is 16.2 Å². The number of anilines is 1. The molecule has 33 heavy (non-hydrogen) atoms. The first-order chi connectivity index (χ1) is 15.6. The van der Waals surface area contributed by atoms with E-state index in [0.717, 1.165) is 12.1 Å². The van der Waals surface area contributed by atoms with E-state index in [1.807, 2.05) is 5.32 Å². The molecule has 0 atom stereocenters. The third kappa shape index (κ3) is 4.91. The summed E-state index contributed by atoms with van der Waals surface area (Å²) in [6.07, 6.45) is 1.13. The minimum absolute atomic E-state index is 0.0332. The molecule has 0 aliphatic carbocycles. The van der Waals surface area contributed by atoms with E-state index in [0.29, 0.717) is 4.90 Å². The molecule has 1 saturated heterocycles. The molecular formula is C20H14ClN3O9. The minimum atomic E-state index is -1.24. The predicted molar refractivity (Wildman–Crippen MR) is 113 cm³/mol. The number of hydrogen-bond donors (Lipinski definition) is 2. The Hall–Kier alpha value is -4.45. The number of carbonyl (C=O) groups excluding carboxylic acids is 3. The lowest BCUT2D eigenvalue weighted by atomic mass is 10.1. The van der Waals surface area contributed by atoms with Crippen LogP contribution in [0.25, 0.3) is 6.08 Å². The van der Waals surface area contributed by atoms with Crippen molar-refractivity contribution >= 4 is 52.9 Å². The first-order valence-electron chi connectivity index (χ1n) is 9.00. The number of nitro benzene ring substituents is 1. The van der Waals surface area contributed by atoms with Crippen molar-refractivity contribution in [3.8, 4) is 11.5 Å². The Balaban J connectivity index is 2.01. The standard InChI is InChI=1S/C20H14ClN3O9/c1-32-15-7-10(6-14(21)17(15)33-9-16(25)26)5-13-18(27)22-20(29)23(19(13)28)11-3-2-4-12(8-11)24(30)31/h2-8H,9H2,1H3,(H,25,26)(H,22,27,29)/b13-5+. The van der Waals surface area contributed by atoms with Crippen molar-refractivity contribution in [1.82, 2.24) is 5.32 Å². The molecule has 0 saturated carbocycles. The number of non-ortho nitro benzene ring substituents is 1. The van der Waals surface area contributed by atoms with Gasteiger partial charge in [-0.25, -0.2) is 14.5 Å². The summed E-state index contributed by atoms with van der Waals surface area (Å²) >= 11 is 6.14. The maximum atomic E-state index is 13.0. The number of nitro groups is 1. The molecule has 1 heterocycles. The fraction of sp³-hybridized carbons (Fsp3) is 0.100. The number of benzene rings is 2. The van der Waals surface area contributed by atoms with Crippen LogP contribution in [0, 0.1) is 10.1 Å². The van der Waals surface area contributed by atoms with Crippen LogP contribution in [0.15, 0.2) is 42.0 Å². The fourth-order valence-corrected chi connectivity index (χ4v) is 3.18. The third-order valence-corrected chi connectivity index (χ3v) is 4.58. The van der Waals surface area contributed by atoms with E-state index < -0.39 is 40.9 Å². The van der Waals surface area contributed by atoms with Gasteiger partial charge in [-0.3, -0.25) is 25.0 Å². The molecule has 0 unspecified atom stereocenters. The van der Waals surface area contributed by atoms with E-state index in [-0.39, 0.29) is 33.5 Å². The highest BCUT2D eigenvalue weighted by Crippen LogP contribution is 2.37. The molecular weight excluding hydrogens is 462 g/mol. The lowest BCUT2D eigenvalue weighted by Gasteiger charge is -2.26. The number of barbiturate groups is 1. The number of imide groups is 2. The van der Waals surface area contributed by atoms with Gasteiger partial charge in [0.25, 0.3) is 17.5 Å². The number of nitrogens with zero attached hydrogens (tertiary/aromatic N) is 2. The number of methoxy groups -OCH3 is 1. The molecule has 1 fully saturated rings. The van der Waals surface area contributed by atoms with Crippen LogP contribution >= 0.6 is 11.6 Å². The fourth-order valence-electron chi connectivity index (χ4n) is 2.90. The van der Waals surface area contributed by atoms with Crippen molar-refractivity contribution in [2.24, 2.45) is 0 Å². The van der Waals surface area contributed by atoms with Crippen molar-refractivity contribution in [3.63, 3.8) is 0 Å². The van der Waals surface area contributed by atoms with Gasteiger partial charge in [0.2, 0.25) is 0 Å². The highest BCUT2D eigenvalue weighted by Gasteiger charge is 2.37. The largest absolute Gasteiger partial charge is 0.493 e. The molecule has 0 spiro atoms. The van der Waals surface area contributed by atoms with Gasteiger partial charge >= 0.3 is 12.0 Å². The van der Waals surface area contributed by atoms with Gasteiger partial charge in [-0.1, -0.05) is 17.7 Å². The number of halogens is 1. The molecule has 3 rings (SSSR count). The van der Waals surface area contributed by atoms with Gasteiger partial charge < -0.3 is 14.6 Å². The first kappa shape index (κ1) is 23.2. The van der Waals surface area contributed by atoms with Gasteiger partial charge in [0.05, 0.1) is 22.7 Å². The van der Waals surface area contributed by atoms with E-state index in [1.54, 1.807) is 0 Å². The number of ether oxygens (including phenoxy) is 2. The average Bonchev–Trinajstić information content (AvgIpc) is 2.75. The molecule has 170 valence electrons. The lowest BCUT2D eigenvalue weighted by molar-refractivity contribution is -0.384. The van der Waals surface area contributed by atoms with Gasteiger partial charge in [-0.05, 0) is 29.8 Å². The minimum Gasteiger partial charge on any atom is -0.493 e. The number of urea groups is 1. The number of carboxylic acids is 1. The Labute approximate surface area is 190 Å². The molecule has 13 heteroatoms.